The van der Waals surface area contributed by atoms with E-state index in [1.165, 1.54) is 19.3 Å². The summed E-state index contributed by atoms with van der Waals surface area (Å²) in [6.45, 7) is 6.79. The lowest BCUT2D eigenvalue weighted by Gasteiger charge is -2.35. The number of aryl methyl sites for hydroxylation is 1. The first-order valence-corrected chi connectivity index (χ1v) is 11.7. The third kappa shape index (κ3) is 4.27. The third-order valence-corrected chi connectivity index (χ3v) is 6.74. The molecular formula is C22H26N6O2S. The number of hydrogen-bond acceptors (Lipinski definition) is 8. The van der Waals surface area contributed by atoms with Crippen LogP contribution in [0.5, 0.6) is 0 Å². The molecular weight excluding hydrogens is 412 g/mol. The van der Waals surface area contributed by atoms with Crippen LogP contribution >= 0.6 is 11.3 Å². The minimum absolute atomic E-state index is 0.0842. The SMILES string of the molecule is Cc1cc(N2CCN(C(=O)c3cc(-c4cccs4)on3)CC2)nc(N2CCCCC2)n1. The zero-order valence-electron chi connectivity index (χ0n) is 17.7. The minimum atomic E-state index is -0.0842. The molecule has 2 aliphatic heterocycles. The van der Waals surface area contributed by atoms with E-state index in [-0.39, 0.29) is 5.91 Å². The molecule has 0 N–H and O–H groups in total. The van der Waals surface area contributed by atoms with Gasteiger partial charge in [-0.3, -0.25) is 4.79 Å². The maximum absolute atomic E-state index is 12.9. The molecule has 162 valence electrons. The van der Waals surface area contributed by atoms with Crippen LogP contribution in [0, 0.1) is 6.92 Å². The van der Waals surface area contributed by atoms with Crippen LogP contribution in [0.4, 0.5) is 11.8 Å². The van der Waals surface area contributed by atoms with Crippen LogP contribution in [0.25, 0.3) is 10.6 Å². The number of piperidine rings is 1. The molecule has 2 fully saturated rings. The second kappa shape index (κ2) is 8.66. The van der Waals surface area contributed by atoms with Gasteiger partial charge in [-0.25, -0.2) is 4.98 Å². The van der Waals surface area contributed by atoms with Gasteiger partial charge in [-0.2, -0.15) is 4.98 Å². The van der Waals surface area contributed by atoms with Gasteiger partial charge in [0.2, 0.25) is 5.95 Å². The molecule has 0 unspecified atom stereocenters. The summed E-state index contributed by atoms with van der Waals surface area (Å²) >= 11 is 1.57. The lowest BCUT2D eigenvalue weighted by molar-refractivity contribution is 0.0736. The maximum atomic E-state index is 12.9. The number of rotatable bonds is 4. The van der Waals surface area contributed by atoms with Crippen molar-refractivity contribution in [2.75, 3.05) is 49.1 Å². The standard InChI is InChI=1S/C22H26N6O2S/c1-16-14-20(24-22(23-16)28-7-3-2-4-8-28)26-9-11-27(12-10-26)21(29)17-15-18(30-25-17)19-6-5-13-31-19/h5-6,13-15H,2-4,7-12H2,1H3. The summed E-state index contributed by atoms with van der Waals surface area (Å²) in [4.78, 5) is 29.8. The van der Waals surface area contributed by atoms with Crippen LogP contribution in [0.3, 0.4) is 0 Å². The first-order chi connectivity index (χ1) is 15.2. The fourth-order valence-corrected chi connectivity index (χ4v) is 4.82. The lowest BCUT2D eigenvalue weighted by atomic mass is 10.1. The highest BCUT2D eigenvalue weighted by Crippen LogP contribution is 2.26. The van der Waals surface area contributed by atoms with Crippen molar-refractivity contribution in [3.63, 3.8) is 0 Å². The Morgan fingerprint density at radius 2 is 1.81 bits per heavy atom. The second-order valence-corrected chi connectivity index (χ2v) is 9.00. The van der Waals surface area contributed by atoms with Gasteiger partial charge < -0.3 is 19.2 Å². The van der Waals surface area contributed by atoms with Crippen LogP contribution in [-0.2, 0) is 0 Å². The van der Waals surface area contributed by atoms with E-state index < -0.39 is 0 Å². The summed E-state index contributed by atoms with van der Waals surface area (Å²) in [5.41, 5.74) is 1.34. The molecule has 0 saturated carbocycles. The second-order valence-electron chi connectivity index (χ2n) is 8.05. The average molecular weight is 439 g/mol. The molecule has 1 amide bonds. The molecule has 0 atom stereocenters. The van der Waals surface area contributed by atoms with Crippen molar-refractivity contribution in [3.05, 3.63) is 41.0 Å². The topological polar surface area (TPSA) is 78.6 Å². The molecule has 9 heteroatoms. The zero-order valence-corrected chi connectivity index (χ0v) is 18.5. The van der Waals surface area contributed by atoms with E-state index in [0.717, 1.165) is 48.5 Å². The van der Waals surface area contributed by atoms with Crippen molar-refractivity contribution >= 4 is 29.0 Å². The summed E-state index contributed by atoms with van der Waals surface area (Å²) in [6, 6.07) is 7.68. The monoisotopic (exact) mass is 438 g/mol. The van der Waals surface area contributed by atoms with Gasteiger partial charge in [0, 0.05) is 57.1 Å². The van der Waals surface area contributed by atoms with Crippen LogP contribution in [0.15, 0.2) is 34.2 Å². The summed E-state index contributed by atoms with van der Waals surface area (Å²) in [7, 11) is 0. The van der Waals surface area contributed by atoms with E-state index in [9.17, 15) is 4.79 Å². The number of anilines is 2. The molecule has 0 radical (unpaired) electrons. The van der Waals surface area contributed by atoms with Gasteiger partial charge in [0.25, 0.3) is 5.91 Å². The van der Waals surface area contributed by atoms with Gasteiger partial charge in [0.1, 0.15) is 5.82 Å². The summed E-state index contributed by atoms with van der Waals surface area (Å²) in [6.07, 6.45) is 3.68. The summed E-state index contributed by atoms with van der Waals surface area (Å²) < 4.78 is 5.38. The molecule has 5 heterocycles. The Kier molecular flexibility index (Phi) is 5.59. The van der Waals surface area contributed by atoms with E-state index in [1.54, 1.807) is 17.4 Å². The van der Waals surface area contributed by atoms with Gasteiger partial charge >= 0.3 is 0 Å². The Bertz CT molecular complexity index is 1040. The Hall–Kier alpha value is -2.94. The Labute approximate surface area is 185 Å². The van der Waals surface area contributed by atoms with Crippen molar-refractivity contribution in [3.8, 4) is 10.6 Å². The highest BCUT2D eigenvalue weighted by Gasteiger charge is 2.26. The molecule has 0 aliphatic carbocycles. The molecule has 0 spiro atoms. The van der Waals surface area contributed by atoms with Crippen LogP contribution in [0.2, 0.25) is 0 Å². The number of hydrogen-bond donors (Lipinski definition) is 0. The third-order valence-electron chi connectivity index (χ3n) is 5.85. The Balaban J connectivity index is 1.24. The van der Waals surface area contributed by atoms with E-state index in [0.29, 0.717) is 24.5 Å². The van der Waals surface area contributed by atoms with Crippen molar-refractivity contribution in [2.24, 2.45) is 0 Å². The molecule has 0 aromatic carbocycles. The summed E-state index contributed by atoms with van der Waals surface area (Å²) in [5.74, 6) is 2.33. The number of amides is 1. The predicted molar refractivity (Wildman–Crippen MR) is 121 cm³/mol. The molecule has 31 heavy (non-hydrogen) atoms. The molecule has 2 aliphatic rings. The fourth-order valence-electron chi connectivity index (χ4n) is 4.15. The number of aromatic nitrogens is 3. The predicted octanol–water partition coefficient (Wildman–Crippen LogP) is 3.45. The molecule has 0 bridgehead atoms. The largest absolute Gasteiger partial charge is 0.355 e. The van der Waals surface area contributed by atoms with Crippen LogP contribution < -0.4 is 9.80 Å². The van der Waals surface area contributed by atoms with E-state index >= 15 is 0 Å². The Morgan fingerprint density at radius 3 is 2.55 bits per heavy atom. The molecule has 8 nitrogen and oxygen atoms in total. The lowest BCUT2D eigenvalue weighted by Crippen LogP contribution is -2.49. The van der Waals surface area contributed by atoms with Crippen molar-refractivity contribution in [1.29, 1.82) is 0 Å². The average Bonchev–Trinajstić information content (AvgIpc) is 3.51. The maximum Gasteiger partial charge on any atom is 0.276 e. The first kappa shape index (κ1) is 20.0. The molecule has 5 rings (SSSR count). The smallest absolute Gasteiger partial charge is 0.276 e. The van der Waals surface area contributed by atoms with Crippen molar-refractivity contribution < 1.29 is 9.32 Å². The van der Waals surface area contributed by atoms with E-state index in [4.69, 9.17) is 9.51 Å². The Morgan fingerprint density at radius 1 is 1.00 bits per heavy atom. The number of piperazine rings is 1. The summed E-state index contributed by atoms with van der Waals surface area (Å²) in [5, 5.41) is 5.98. The van der Waals surface area contributed by atoms with Crippen LogP contribution in [0.1, 0.15) is 35.4 Å². The van der Waals surface area contributed by atoms with Gasteiger partial charge in [0.05, 0.1) is 4.88 Å². The highest BCUT2D eigenvalue weighted by atomic mass is 32.1. The normalized spacial score (nSPS) is 17.3. The van der Waals surface area contributed by atoms with Crippen LogP contribution in [-0.4, -0.2) is 65.2 Å². The fraction of sp³-hybridized carbons (Fsp3) is 0.455. The zero-order chi connectivity index (χ0) is 21.2. The molecule has 2 saturated heterocycles. The van der Waals surface area contributed by atoms with Gasteiger partial charge in [-0.1, -0.05) is 11.2 Å². The minimum Gasteiger partial charge on any atom is -0.355 e. The van der Waals surface area contributed by atoms with Gasteiger partial charge in [-0.15, -0.1) is 11.3 Å². The molecule has 3 aromatic heterocycles. The van der Waals surface area contributed by atoms with E-state index in [2.05, 4.69) is 19.9 Å². The number of nitrogens with zero attached hydrogens (tertiary/aromatic N) is 6. The number of carbonyl (C=O) groups excluding carboxylic acids is 1. The number of thiophene rings is 1. The molecule has 3 aromatic rings. The number of carbonyl (C=O) groups is 1. The quantitative estimate of drug-likeness (QED) is 0.617. The van der Waals surface area contributed by atoms with Crippen molar-refractivity contribution in [1.82, 2.24) is 20.0 Å². The van der Waals surface area contributed by atoms with Gasteiger partial charge in [-0.05, 0) is 37.6 Å². The highest BCUT2D eigenvalue weighted by molar-refractivity contribution is 7.13. The van der Waals surface area contributed by atoms with E-state index in [1.807, 2.05) is 35.4 Å². The van der Waals surface area contributed by atoms with Crippen molar-refractivity contribution in [2.45, 2.75) is 26.2 Å². The first-order valence-electron chi connectivity index (χ1n) is 10.8. The van der Waals surface area contributed by atoms with Gasteiger partial charge in [0.15, 0.2) is 11.5 Å².